The van der Waals surface area contributed by atoms with E-state index in [0.29, 0.717) is 5.65 Å². The number of likely N-dealkylation sites (N-methyl/N-ethyl adjacent to an activating group) is 1. The van der Waals surface area contributed by atoms with Gasteiger partial charge in [-0.1, -0.05) is 6.92 Å². The number of fused-ring (bicyclic) bond motifs is 1. The van der Waals surface area contributed by atoms with E-state index in [1.165, 1.54) is 0 Å². The zero-order chi connectivity index (χ0) is 13.8. The summed E-state index contributed by atoms with van der Waals surface area (Å²) < 4.78 is 0. The first-order chi connectivity index (χ1) is 9.11. The second-order valence-corrected chi connectivity index (χ2v) is 4.83. The third kappa shape index (κ3) is 3.11. The van der Waals surface area contributed by atoms with Crippen LogP contribution in [-0.4, -0.2) is 58.8 Å². The molecule has 0 amide bonds. The zero-order valence-electron chi connectivity index (χ0n) is 11.7. The Morgan fingerprint density at radius 2 is 2.00 bits per heavy atom. The number of rotatable bonds is 6. The molecule has 0 unspecified atom stereocenters. The van der Waals surface area contributed by atoms with E-state index >= 15 is 0 Å². The normalized spacial score (nSPS) is 11.4. The van der Waals surface area contributed by atoms with E-state index in [2.05, 4.69) is 51.0 Å². The molecule has 3 N–H and O–H groups in total. The number of nitrogens with zero attached hydrogens (tertiary/aromatic N) is 5. The van der Waals surface area contributed by atoms with Gasteiger partial charge >= 0.3 is 0 Å². The van der Waals surface area contributed by atoms with Crippen LogP contribution >= 0.6 is 0 Å². The monoisotopic (exact) mass is 263 g/mol. The lowest BCUT2D eigenvalue weighted by molar-refractivity contribution is 0.412. The highest BCUT2D eigenvalue weighted by Gasteiger charge is 2.14. The molecule has 7 nitrogen and oxygen atoms in total. The van der Waals surface area contributed by atoms with Gasteiger partial charge in [0.05, 0.1) is 11.6 Å². The molecule has 0 aromatic carbocycles. The van der Waals surface area contributed by atoms with Crippen LogP contribution in [0.25, 0.3) is 11.0 Å². The van der Waals surface area contributed by atoms with E-state index in [1.54, 1.807) is 6.20 Å². The van der Waals surface area contributed by atoms with Crippen LogP contribution in [0.5, 0.6) is 0 Å². The number of hydrogen-bond acceptors (Lipinski definition) is 6. The molecule has 19 heavy (non-hydrogen) atoms. The molecule has 0 atom stereocenters. The van der Waals surface area contributed by atoms with Gasteiger partial charge < -0.3 is 15.5 Å². The molecule has 2 heterocycles. The minimum atomic E-state index is 0.276. The highest BCUT2D eigenvalue weighted by atomic mass is 15.3. The molecule has 7 heteroatoms. The molecule has 0 saturated carbocycles. The number of nitrogens with two attached hydrogens (primary N) is 1. The number of nitrogens with one attached hydrogen (secondary N) is 1. The summed E-state index contributed by atoms with van der Waals surface area (Å²) in [6.07, 6.45) is 2.80. The zero-order valence-corrected chi connectivity index (χ0v) is 11.7. The second kappa shape index (κ2) is 5.83. The van der Waals surface area contributed by atoms with Crippen LogP contribution in [0.1, 0.15) is 13.3 Å². The molecule has 0 aliphatic heterocycles. The Morgan fingerprint density at radius 1 is 1.21 bits per heavy atom. The predicted molar refractivity (Wildman–Crippen MR) is 77.2 cm³/mol. The van der Waals surface area contributed by atoms with Crippen molar-refractivity contribution in [3.63, 3.8) is 0 Å². The topological polar surface area (TPSA) is 87.0 Å². The summed E-state index contributed by atoms with van der Waals surface area (Å²) in [5.74, 6) is 1.14. The van der Waals surface area contributed by atoms with Gasteiger partial charge in [-0.25, -0.2) is 0 Å². The fourth-order valence-electron chi connectivity index (χ4n) is 1.99. The number of aromatic amines is 1. The Hall–Kier alpha value is -1.89. The smallest absolute Gasteiger partial charge is 0.224 e. The van der Waals surface area contributed by atoms with Crippen LogP contribution in [0.2, 0.25) is 0 Å². The summed E-state index contributed by atoms with van der Waals surface area (Å²) in [5.41, 5.74) is 6.46. The highest BCUT2D eigenvalue weighted by molar-refractivity contribution is 5.87. The van der Waals surface area contributed by atoms with Crippen LogP contribution < -0.4 is 10.6 Å². The van der Waals surface area contributed by atoms with Crippen molar-refractivity contribution in [1.29, 1.82) is 0 Å². The minimum absolute atomic E-state index is 0.276. The molecular weight excluding hydrogens is 242 g/mol. The number of hydrogen-bond donors (Lipinski definition) is 2. The maximum absolute atomic E-state index is 5.77. The van der Waals surface area contributed by atoms with Gasteiger partial charge in [-0.2, -0.15) is 15.1 Å². The van der Waals surface area contributed by atoms with E-state index in [-0.39, 0.29) is 5.95 Å². The van der Waals surface area contributed by atoms with Crippen LogP contribution in [0.3, 0.4) is 0 Å². The molecule has 2 aromatic rings. The van der Waals surface area contributed by atoms with Crippen LogP contribution in [-0.2, 0) is 0 Å². The summed E-state index contributed by atoms with van der Waals surface area (Å²) in [5, 5.41) is 7.78. The summed E-state index contributed by atoms with van der Waals surface area (Å²) in [7, 11) is 4.12. The summed E-state index contributed by atoms with van der Waals surface area (Å²) in [4.78, 5) is 12.9. The van der Waals surface area contributed by atoms with Gasteiger partial charge in [-0.05, 0) is 20.5 Å². The minimum Gasteiger partial charge on any atom is -0.368 e. The van der Waals surface area contributed by atoms with Crippen molar-refractivity contribution in [2.45, 2.75) is 13.3 Å². The predicted octanol–water partition coefficient (Wildman–Crippen LogP) is 0.713. The fraction of sp³-hybridized carbons (Fsp3) is 0.583. The van der Waals surface area contributed by atoms with E-state index in [4.69, 9.17) is 5.73 Å². The van der Waals surface area contributed by atoms with Gasteiger partial charge in [0.15, 0.2) is 5.65 Å². The molecule has 0 saturated heterocycles. The summed E-state index contributed by atoms with van der Waals surface area (Å²) >= 11 is 0. The van der Waals surface area contributed by atoms with Crippen LogP contribution in [0, 0.1) is 0 Å². The Morgan fingerprint density at radius 3 is 2.68 bits per heavy atom. The van der Waals surface area contributed by atoms with Crippen molar-refractivity contribution in [1.82, 2.24) is 25.1 Å². The standard InChI is InChI=1S/C12H21N7/c1-4-5-19(7-6-18(2)3)11-9-8-14-17-10(9)15-12(13)16-11/h8H,4-7H2,1-3H3,(H3,13,14,15,16,17). The number of aromatic nitrogens is 4. The van der Waals surface area contributed by atoms with Crippen LogP contribution in [0.4, 0.5) is 11.8 Å². The number of H-pyrrole nitrogens is 1. The fourth-order valence-corrected chi connectivity index (χ4v) is 1.99. The third-order valence-corrected chi connectivity index (χ3v) is 2.92. The second-order valence-electron chi connectivity index (χ2n) is 4.83. The lowest BCUT2D eigenvalue weighted by atomic mass is 10.3. The number of nitrogen functional groups attached to an aromatic ring is 1. The lowest BCUT2D eigenvalue weighted by Crippen LogP contribution is -2.33. The van der Waals surface area contributed by atoms with E-state index in [9.17, 15) is 0 Å². The quantitative estimate of drug-likeness (QED) is 0.798. The van der Waals surface area contributed by atoms with Gasteiger partial charge in [-0.3, -0.25) is 5.10 Å². The SMILES string of the molecule is CCCN(CCN(C)C)c1nc(N)nc2[nH]ncc12. The average molecular weight is 263 g/mol. The lowest BCUT2D eigenvalue weighted by Gasteiger charge is -2.25. The van der Waals surface area contributed by atoms with Gasteiger partial charge in [-0.15, -0.1) is 0 Å². The van der Waals surface area contributed by atoms with Crippen molar-refractivity contribution in [3.05, 3.63) is 6.20 Å². The largest absolute Gasteiger partial charge is 0.368 e. The van der Waals surface area contributed by atoms with E-state index < -0.39 is 0 Å². The summed E-state index contributed by atoms with van der Waals surface area (Å²) in [6, 6.07) is 0. The first-order valence-corrected chi connectivity index (χ1v) is 6.48. The van der Waals surface area contributed by atoms with Crippen molar-refractivity contribution < 1.29 is 0 Å². The van der Waals surface area contributed by atoms with Crippen molar-refractivity contribution >= 4 is 22.8 Å². The van der Waals surface area contributed by atoms with Crippen molar-refractivity contribution in [2.24, 2.45) is 0 Å². The van der Waals surface area contributed by atoms with Crippen molar-refractivity contribution in [2.75, 3.05) is 44.4 Å². The Kier molecular flexibility index (Phi) is 4.16. The maximum atomic E-state index is 5.77. The molecule has 0 radical (unpaired) electrons. The average Bonchev–Trinajstić information content (AvgIpc) is 2.81. The van der Waals surface area contributed by atoms with Gasteiger partial charge in [0.2, 0.25) is 5.95 Å². The number of anilines is 2. The molecule has 0 spiro atoms. The third-order valence-electron chi connectivity index (χ3n) is 2.92. The Balaban J connectivity index is 2.34. The highest BCUT2D eigenvalue weighted by Crippen LogP contribution is 2.23. The molecule has 104 valence electrons. The molecule has 2 aromatic heterocycles. The molecule has 0 bridgehead atoms. The van der Waals surface area contributed by atoms with Gasteiger partial charge in [0.25, 0.3) is 0 Å². The molecule has 0 aliphatic rings. The molecular formula is C12H21N7. The van der Waals surface area contributed by atoms with Crippen molar-refractivity contribution in [3.8, 4) is 0 Å². The van der Waals surface area contributed by atoms with Crippen LogP contribution in [0.15, 0.2) is 6.20 Å². The molecule has 0 fully saturated rings. The Labute approximate surface area is 112 Å². The molecule has 0 aliphatic carbocycles. The maximum Gasteiger partial charge on any atom is 0.224 e. The van der Waals surface area contributed by atoms with E-state index in [1.807, 2.05) is 0 Å². The first-order valence-electron chi connectivity index (χ1n) is 6.48. The Bertz CT molecular complexity index is 534. The van der Waals surface area contributed by atoms with E-state index in [0.717, 1.165) is 37.3 Å². The van der Waals surface area contributed by atoms with Gasteiger partial charge in [0, 0.05) is 19.6 Å². The van der Waals surface area contributed by atoms with Gasteiger partial charge in [0.1, 0.15) is 5.82 Å². The summed E-state index contributed by atoms with van der Waals surface area (Å²) in [6.45, 7) is 4.95. The molecule has 2 rings (SSSR count). The first kappa shape index (κ1) is 13.5.